The molecule has 0 N–H and O–H groups in total. The minimum absolute atomic E-state index is 0.0781. The minimum atomic E-state index is -0.311. The second-order valence-electron chi connectivity index (χ2n) is 6.78. The Morgan fingerprint density at radius 3 is 2.75 bits per heavy atom. The fourth-order valence-corrected chi connectivity index (χ4v) is 4.19. The van der Waals surface area contributed by atoms with Gasteiger partial charge in [0.15, 0.2) is 0 Å². The van der Waals surface area contributed by atoms with Crippen LogP contribution in [0.4, 0.5) is 5.69 Å². The van der Waals surface area contributed by atoms with Gasteiger partial charge in [0.1, 0.15) is 0 Å². The highest BCUT2D eigenvalue weighted by molar-refractivity contribution is 5.39. The number of aromatic nitrogens is 1. The molecule has 0 amide bonds. The average molecular weight is 325 g/mol. The van der Waals surface area contributed by atoms with Gasteiger partial charge in [-0.1, -0.05) is 24.3 Å². The Bertz CT molecular complexity index is 845. The van der Waals surface area contributed by atoms with Crippen molar-refractivity contribution >= 4 is 5.69 Å². The van der Waals surface area contributed by atoms with E-state index < -0.39 is 0 Å². The highest BCUT2D eigenvalue weighted by atomic mass is 16.6. The maximum absolute atomic E-state index is 12.1. The lowest BCUT2D eigenvalue weighted by molar-refractivity contribution is -0.385. The van der Waals surface area contributed by atoms with Crippen LogP contribution in [0.2, 0.25) is 0 Å². The molecule has 2 aliphatic heterocycles. The monoisotopic (exact) mass is 325 g/mol. The summed E-state index contributed by atoms with van der Waals surface area (Å²) in [5, 5.41) is 11.2. The van der Waals surface area contributed by atoms with E-state index in [0.29, 0.717) is 18.4 Å². The third-order valence-electron chi connectivity index (χ3n) is 5.14. The van der Waals surface area contributed by atoms with Crippen molar-refractivity contribution < 1.29 is 4.92 Å². The van der Waals surface area contributed by atoms with Gasteiger partial charge in [-0.25, -0.2) is 0 Å². The zero-order valence-corrected chi connectivity index (χ0v) is 13.3. The first-order valence-corrected chi connectivity index (χ1v) is 8.26. The van der Waals surface area contributed by atoms with Crippen LogP contribution in [0.15, 0.2) is 47.3 Å². The minimum Gasteiger partial charge on any atom is -0.312 e. The number of hydrogen-bond donors (Lipinski definition) is 0. The summed E-state index contributed by atoms with van der Waals surface area (Å²) in [6, 6.07) is 12.4. The van der Waals surface area contributed by atoms with Gasteiger partial charge < -0.3 is 4.57 Å². The van der Waals surface area contributed by atoms with E-state index in [1.807, 2.05) is 28.8 Å². The van der Waals surface area contributed by atoms with Crippen LogP contribution in [0.25, 0.3) is 0 Å². The summed E-state index contributed by atoms with van der Waals surface area (Å²) < 4.78 is 1.90. The van der Waals surface area contributed by atoms with E-state index in [1.54, 1.807) is 18.2 Å². The van der Waals surface area contributed by atoms with Crippen LogP contribution in [0.5, 0.6) is 0 Å². The number of pyridine rings is 1. The van der Waals surface area contributed by atoms with Crippen molar-refractivity contribution in [3.05, 3.63) is 74.2 Å². The Morgan fingerprint density at radius 2 is 1.92 bits per heavy atom. The van der Waals surface area contributed by atoms with E-state index in [0.717, 1.165) is 37.3 Å². The number of para-hydroxylation sites is 1. The zero-order chi connectivity index (χ0) is 16.7. The smallest absolute Gasteiger partial charge is 0.273 e. The van der Waals surface area contributed by atoms with E-state index in [4.69, 9.17) is 0 Å². The molecule has 0 spiro atoms. The van der Waals surface area contributed by atoms with Gasteiger partial charge in [-0.3, -0.25) is 19.8 Å². The summed E-state index contributed by atoms with van der Waals surface area (Å²) in [7, 11) is 0. The fourth-order valence-electron chi connectivity index (χ4n) is 4.19. The summed E-state index contributed by atoms with van der Waals surface area (Å²) in [4.78, 5) is 25.3. The first kappa shape index (κ1) is 15.1. The van der Waals surface area contributed by atoms with Crippen LogP contribution in [0.1, 0.15) is 23.6 Å². The molecule has 3 heterocycles. The van der Waals surface area contributed by atoms with Crippen molar-refractivity contribution in [2.45, 2.75) is 25.4 Å². The van der Waals surface area contributed by atoms with E-state index in [9.17, 15) is 14.9 Å². The second kappa shape index (κ2) is 5.87. The summed E-state index contributed by atoms with van der Waals surface area (Å²) in [5.41, 5.74) is 2.12. The lowest BCUT2D eigenvalue weighted by Gasteiger charge is -2.42. The predicted molar refractivity (Wildman–Crippen MR) is 89.9 cm³/mol. The van der Waals surface area contributed by atoms with Gasteiger partial charge in [0.05, 0.1) is 4.92 Å². The molecule has 0 unspecified atom stereocenters. The SMILES string of the molecule is O=c1cccc2n1C[C@@H]1C[C@@H]2CN(Cc2ccccc2[N+](=O)[O-])C1. The van der Waals surface area contributed by atoms with Crippen LogP contribution in [0, 0.1) is 16.0 Å². The van der Waals surface area contributed by atoms with Crippen molar-refractivity contribution in [3.63, 3.8) is 0 Å². The Balaban J connectivity index is 1.59. The summed E-state index contributed by atoms with van der Waals surface area (Å²) >= 11 is 0. The van der Waals surface area contributed by atoms with Crippen LogP contribution < -0.4 is 5.56 Å². The number of nitrogens with zero attached hydrogens (tertiary/aromatic N) is 3. The number of rotatable bonds is 3. The van der Waals surface area contributed by atoms with E-state index in [1.165, 1.54) is 0 Å². The Kier molecular flexibility index (Phi) is 3.69. The molecule has 1 fully saturated rings. The van der Waals surface area contributed by atoms with Crippen LogP contribution >= 0.6 is 0 Å². The number of nitro groups is 1. The number of nitro benzene ring substituents is 1. The van der Waals surface area contributed by atoms with Crippen LogP contribution in [0.3, 0.4) is 0 Å². The molecule has 6 nitrogen and oxygen atoms in total. The Hall–Kier alpha value is -2.47. The highest BCUT2D eigenvalue weighted by Crippen LogP contribution is 2.36. The molecule has 1 aromatic heterocycles. The number of benzene rings is 1. The Morgan fingerprint density at radius 1 is 1.08 bits per heavy atom. The molecule has 24 heavy (non-hydrogen) atoms. The molecule has 0 radical (unpaired) electrons. The molecule has 2 aromatic rings. The predicted octanol–water partition coefficient (Wildman–Crippen LogP) is 2.38. The maximum Gasteiger partial charge on any atom is 0.273 e. The molecule has 2 atom stereocenters. The zero-order valence-electron chi connectivity index (χ0n) is 13.3. The normalized spacial score (nSPS) is 22.8. The largest absolute Gasteiger partial charge is 0.312 e. The summed E-state index contributed by atoms with van der Waals surface area (Å²) in [6.45, 7) is 3.05. The quantitative estimate of drug-likeness (QED) is 0.642. The maximum atomic E-state index is 12.1. The molecule has 2 aliphatic rings. The van der Waals surface area contributed by atoms with E-state index >= 15 is 0 Å². The molecule has 2 bridgehead atoms. The molecule has 1 saturated heterocycles. The van der Waals surface area contributed by atoms with E-state index in [-0.39, 0.29) is 16.2 Å². The second-order valence-corrected chi connectivity index (χ2v) is 6.78. The summed E-state index contributed by atoms with van der Waals surface area (Å²) in [6.07, 6.45) is 1.09. The number of likely N-dealkylation sites (tertiary alicyclic amines) is 1. The first-order chi connectivity index (χ1) is 11.6. The molecule has 4 rings (SSSR count). The average Bonchev–Trinajstić information content (AvgIpc) is 2.56. The van der Waals surface area contributed by atoms with Crippen molar-refractivity contribution in [2.75, 3.05) is 13.1 Å². The van der Waals surface area contributed by atoms with Crippen LogP contribution in [-0.4, -0.2) is 27.5 Å². The topological polar surface area (TPSA) is 68.4 Å². The van der Waals surface area contributed by atoms with Crippen molar-refractivity contribution in [3.8, 4) is 0 Å². The molecule has 6 heteroatoms. The third-order valence-corrected chi connectivity index (χ3v) is 5.14. The molecule has 0 saturated carbocycles. The Labute approximate surface area is 139 Å². The first-order valence-electron chi connectivity index (χ1n) is 8.26. The standard InChI is InChI=1S/C18H19N3O3/c22-18-7-3-6-16-15-8-13(10-20(16)18)9-19(12-15)11-14-4-1-2-5-17(14)21(23)24/h1-7,13,15H,8-12H2/t13-,15-/m1/s1. The van der Waals surface area contributed by atoms with Crippen molar-refractivity contribution in [2.24, 2.45) is 5.92 Å². The van der Waals surface area contributed by atoms with Gasteiger partial charge >= 0.3 is 0 Å². The van der Waals surface area contributed by atoms with Gasteiger partial charge in [-0.15, -0.1) is 0 Å². The lowest BCUT2D eigenvalue weighted by atomic mass is 9.83. The summed E-state index contributed by atoms with van der Waals surface area (Å²) in [5.74, 6) is 0.758. The molecular weight excluding hydrogens is 306 g/mol. The van der Waals surface area contributed by atoms with Gasteiger partial charge in [-0.2, -0.15) is 0 Å². The molecule has 0 aliphatic carbocycles. The fraction of sp³-hybridized carbons (Fsp3) is 0.389. The van der Waals surface area contributed by atoms with Gasteiger partial charge in [0, 0.05) is 55.5 Å². The van der Waals surface area contributed by atoms with Crippen molar-refractivity contribution in [1.82, 2.24) is 9.47 Å². The highest BCUT2D eigenvalue weighted by Gasteiger charge is 2.34. The molecule has 124 valence electrons. The number of piperidine rings is 1. The number of hydrogen-bond acceptors (Lipinski definition) is 4. The lowest BCUT2D eigenvalue weighted by Crippen LogP contribution is -2.46. The van der Waals surface area contributed by atoms with Crippen LogP contribution in [-0.2, 0) is 13.1 Å². The number of fused-ring (bicyclic) bond motifs is 4. The van der Waals surface area contributed by atoms with Gasteiger partial charge in [0.2, 0.25) is 0 Å². The third kappa shape index (κ3) is 2.63. The van der Waals surface area contributed by atoms with E-state index in [2.05, 4.69) is 4.90 Å². The van der Waals surface area contributed by atoms with Gasteiger partial charge in [-0.05, 0) is 18.4 Å². The molecular formula is C18H19N3O3. The van der Waals surface area contributed by atoms with Gasteiger partial charge in [0.25, 0.3) is 11.2 Å². The van der Waals surface area contributed by atoms with Crippen molar-refractivity contribution in [1.29, 1.82) is 0 Å². The molecule has 1 aromatic carbocycles.